The van der Waals surface area contributed by atoms with Gasteiger partial charge in [0.15, 0.2) is 5.58 Å². The standard InChI is InChI=1S/C14H20N2O5S/c1-14(20-3,10-19-2)9-15-22(17,18)8-12-11-6-4-5-7-13(11)21-16-12/h4-7,15H,8-10H2,1-3H3/t14-/m0/s1. The van der Waals surface area contributed by atoms with Crippen molar-refractivity contribution >= 4 is 21.0 Å². The lowest BCUT2D eigenvalue weighted by molar-refractivity contribution is -0.0460. The smallest absolute Gasteiger partial charge is 0.217 e. The molecule has 0 aliphatic carbocycles. The first kappa shape index (κ1) is 16.9. The van der Waals surface area contributed by atoms with E-state index in [2.05, 4.69) is 9.88 Å². The molecule has 122 valence electrons. The van der Waals surface area contributed by atoms with Gasteiger partial charge in [0, 0.05) is 26.2 Å². The molecule has 0 aliphatic heterocycles. The summed E-state index contributed by atoms with van der Waals surface area (Å²) in [6.45, 7) is 2.15. The minimum atomic E-state index is -3.57. The zero-order chi connectivity index (χ0) is 16.2. The number of ether oxygens (including phenoxy) is 2. The molecule has 1 aromatic carbocycles. The second kappa shape index (κ2) is 6.74. The highest BCUT2D eigenvalue weighted by Gasteiger charge is 2.27. The monoisotopic (exact) mass is 328 g/mol. The molecule has 1 aromatic heterocycles. The maximum atomic E-state index is 12.2. The van der Waals surface area contributed by atoms with Gasteiger partial charge < -0.3 is 14.0 Å². The Balaban J connectivity index is 2.08. The molecule has 1 atom stereocenters. The molecule has 2 rings (SSSR count). The van der Waals surface area contributed by atoms with E-state index in [1.807, 2.05) is 6.07 Å². The van der Waals surface area contributed by atoms with Crippen LogP contribution in [-0.2, 0) is 25.2 Å². The van der Waals surface area contributed by atoms with E-state index in [9.17, 15) is 8.42 Å². The van der Waals surface area contributed by atoms with E-state index >= 15 is 0 Å². The number of rotatable bonds is 8. The third-order valence-electron chi connectivity index (χ3n) is 3.39. The molecule has 22 heavy (non-hydrogen) atoms. The Morgan fingerprint density at radius 2 is 2.05 bits per heavy atom. The van der Waals surface area contributed by atoms with Crippen molar-refractivity contribution in [2.45, 2.75) is 18.3 Å². The minimum Gasteiger partial charge on any atom is -0.382 e. The molecule has 0 unspecified atom stereocenters. The van der Waals surface area contributed by atoms with Gasteiger partial charge >= 0.3 is 0 Å². The maximum absolute atomic E-state index is 12.2. The Kier molecular flexibility index (Phi) is 5.17. The quantitative estimate of drug-likeness (QED) is 0.785. The van der Waals surface area contributed by atoms with E-state index in [-0.39, 0.29) is 18.9 Å². The van der Waals surface area contributed by atoms with Crippen molar-refractivity contribution < 1.29 is 22.4 Å². The Labute approximate surface area is 129 Å². The lowest BCUT2D eigenvalue weighted by Crippen LogP contribution is -2.45. The highest BCUT2D eigenvalue weighted by molar-refractivity contribution is 7.88. The first-order valence-electron chi connectivity index (χ1n) is 6.74. The van der Waals surface area contributed by atoms with Crippen molar-refractivity contribution in [2.24, 2.45) is 0 Å². The van der Waals surface area contributed by atoms with E-state index in [1.54, 1.807) is 25.1 Å². The van der Waals surface area contributed by atoms with Crippen LogP contribution in [0.2, 0.25) is 0 Å². The van der Waals surface area contributed by atoms with E-state index in [0.717, 1.165) is 0 Å². The molecular formula is C14H20N2O5S. The number of sulfonamides is 1. The molecule has 1 N–H and O–H groups in total. The summed E-state index contributed by atoms with van der Waals surface area (Å²) in [6.07, 6.45) is 0. The zero-order valence-corrected chi connectivity index (χ0v) is 13.6. The summed E-state index contributed by atoms with van der Waals surface area (Å²) in [5.41, 5.74) is 0.219. The molecule has 0 bridgehead atoms. The fourth-order valence-electron chi connectivity index (χ4n) is 2.02. The summed E-state index contributed by atoms with van der Waals surface area (Å²) in [5, 5.41) is 4.53. The van der Waals surface area contributed by atoms with Gasteiger partial charge in [-0.15, -0.1) is 0 Å². The number of hydrogen-bond donors (Lipinski definition) is 1. The number of fused-ring (bicyclic) bond motifs is 1. The SMILES string of the molecule is COC[C@](C)(CNS(=O)(=O)Cc1noc2ccccc12)OC. The number of nitrogens with one attached hydrogen (secondary N) is 1. The van der Waals surface area contributed by atoms with Crippen molar-refractivity contribution in [1.29, 1.82) is 0 Å². The van der Waals surface area contributed by atoms with Crippen molar-refractivity contribution in [3.8, 4) is 0 Å². The Bertz CT molecular complexity index is 728. The zero-order valence-electron chi connectivity index (χ0n) is 12.8. The average molecular weight is 328 g/mol. The van der Waals surface area contributed by atoms with Crippen molar-refractivity contribution in [1.82, 2.24) is 9.88 Å². The van der Waals surface area contributed by atoms with Gasteiger partial charge in [0.2, 0.25) is 10.0 Å². The van der Waals surface area contributed by atoms with Gasteiger partial charge in [0.1, 0.15) is 17.0 Å². The van der Waals surface area contributed by atoms with Crippen LogP contribution < -0.4 is 4.72 Å². The lowest BCUT2D eigenvalue weighted by Gasteiger charge is -2.27. The number of methoxy groups -OCH3 is 2. The summed E-state index contributed by atoms with van der Waals surface area (Å²) < 4.78 is 42.4. The van der Waals surface area contributed by atoms with Crippen LogP contribution in [0.25, 0.3) is 11.0 Å². The van der Waals surface area contributed by atoms with Gasteiger partial charge in [0.05, 0.1) is 6.61 Å². The number of nitrogens with zero attached hydrogens (tertiary/aromatic N) is 1. The molecule has 0 saturated carbocycles. The van der Waals surface area contributed by atoms with Gasteiger partial charge in [-0.2, -0.15) is 0 Å². The molecule has 0 fully saturated rings. The highest BCUT2D eigenvalue weighted by Crippen LogP contribution is 2.19. The summed E-state index contributed by atoms with van der Waals surface area (Å²) >= 11 is 0. The third-order valence-corrected chi connectivity index (χ3v) is 4.63. The topological polar surface area (TPSA) is 90.7 Å². The van der Waals surface area contributed by atoms with Gasteiger partial charge in [-0.1, -0.05) is 17.3 Å². The Morgan fingerprint density at radius 3 is 2.73 bits per heavy atom. The van der Waals surface area contributed by atoms with Gasteiger partial charge in [-0.25, -0.2) is 13.1 Å². The van der Waals surface area contributed by atoms with Crippen molar-refractivity contribution in [2.75, 3.05) is 27.4 Å². The van der Waals surface area contributed by atoms with Crippen LogP contribution in [0.5, 0.6) is 0 Å². The van der Waals surface area contributed by atoms with Crippen LogP contribution in [0.1, 0.15) is 12.6 Å². The molecule has 8 heteroatoms. The summed E-state index contributed by atoms with van der Waals surface area (Å²) in [7, 11) is -0.518. The Morgan fingerprint density at radius 1 is 1.32 bits per heavy atom. The van der Waals surface area contributed by atoms with Crippen LogP contribution in [-0.4, -0.2) is 46.5 Å². The molecule has 0 amide bonds. The molecule has 0 aliphatic rings. The van der Waals surface area contributed by atoms with E-state index in [4.69, 9.17) is 14.0 Å². The maximum Gasteiger partial charge on any atom is 0.217 e. The second-order valence-corrected chi connectivity index (χ2v) is 7.10. The van der Waals surface area contributed by atoms with E-state index in [1.165, 1.54) is 14.2 Å². The molecule has 0 spiro atoms. The van der Waals surface area contributed by atoms with Crippen LogP contribution in [0.4, 0.5) is 0 Å². The lowest BCUT2D eigenvalue weighted by atomic mass is 10.1. The summed E-state index contributed by atoms with van der Waals surface area (Å²) in [6, 6.07) is 7.13. The molecule has 2 aromatic rings. The van der Waals surface area contributed by atoms with Crippen molar-refractivity contribution in [3.05, 3.63) is 30.0 Å². The highest BCUT2D eigenvalue weighted by atomic mass is 32.2. The molecular weight excluding hydrogens is 308 g/mol. The minimum absolute atomic E-state index is 0.107. The predicted octanol–water partition coefficient (Wildman–Crippen LogP) is 1.30. The second-order valence-electron chi connectivity index (χ2n) is 5.29. The van der Waals surface area contributed by atoms with Crippen LogP contribution >= 0.6 is 0 Å². The van der Waals surface area contributed by atoms with Crippen LogP contribution in [0.15, 0.2) is 28.8 Å². The van der Waals surface area contributed by atoms with E-state index < -0.39 is 15.6 Å². The number of aromatic nitrogens is 1. The molecule has 0 saturated heterocycles. The molecule has 0 radical (unpaired) electrons. The normalized spacial score (nSPS) is 15.0. The largest absolute Gasteiger partial charge is 0.382 e. The number of para-hydroxylation sites is 1. The fraction of sp³-hybridized carbons (Fsp3) is 0.500. The summed E-state index contributed by atoms with van der Waals surface area (Å²) in [4.78, 5) is 0. The van der Waals surface area contributed by atoms with Gasteiger partial charge in [0.25, 0.3) is 0 Å². The Hall–Kier alpha value is -1.48. The average Bonchev–Trinajstić information content (AvgIpc) is 2.89. The van der Waals surface area contributed by atoms with E-state index in [0.29, 0.717) is 16.7 Å². The molecule has 7 nitrogen and oxygen atoms in total. The first-order valence-corrected chi connectivity index (χ1v) is 8.39. The number of hydrogen-bond acceptors (Lipinski definition) is 6. The fourth-order valence-corrected chi connectivity index (χ4v) is 3.22. The van der Waals surface area contributed by atoms with Gasteiger partial charge in [-0.05, 0) is 19.1 Å². The third kappa shape index (κ3) is 4.04. The van der Waals surface area contributed by atoms with Gasteiger partial charge in [-0.3, -0.25) is 0 Å². The van der Waals surface area contributed by atoms with Crippen molar-refractivity contribution in [3.63, 3.8) is 0 Å². The molecule has 1 heterocycles. The number of benzene rings is 1. The summed E-state index contributed by atoms with van der Waals surface area (Å²) in [5.74, 6) is -0.253. The first-order chi connectivity index (χ1) is 10.4. The van der Waals surface area contributed by atoms with Crippen LogP contribution in [0.3, 0.4) is 0 Å². The van der Waals surface area contributed by atoms with Crippen LogP contribution in [0, 0.1) is 0 Å². The predicted molar refractivity (Wildman–Crippen MR) is 81.9 cm³/mol.